The lowest BCUT2D eigenvalue weighted by Crippen LogP contribution is -2.43. The lowest BCUT2D eigenvalue weighted by atomic mass is 9.80. The molecule has 0 bridgehead atoms. The standard InChI is InChI=1S/C14H23NO2S/c1-10(2)13(17)14(3,4)9-15-12(16)8-11-6-5-7-18-11/h5-7,10,13,17H,8-9H2,1-4H3,(H,15,16). The molecule has 1 amide bonds. The van der Waals surface area contributed by atoms with Crippen LogP contribution in [0.15, 0.2) is 17.5 Å². The van der Waals surface area contributed by atoms with E-state index in [-0.39, 0.29) is 17.2 Å². The van der Waals surface area contributed by atoms with Crippen LogP contribution in [0.5, 0.6) is 0 Å². The van der Waals surface area contributed by atoms with E-state index in [0.717, 1.165) is 4.88 Å². The Labute approximate surface area is 113 Å². The zero-order valence-electron chi connectivity index (χ0n) is 11.6. The van der Waals surface area contributed by atoms with E-state index in [0.29, 0.717) is 13.0 Å². The Bertz CT molecular complexity index is 371. The van der Waals surface area contributed by atoms with Crippen molar-refractivity contribution in [3.63, 3.8) is 0 Å². The van der Waals surface area contributed by atoms with E-state index in [9.17, 15) is 9.90 Å². The molecule has 1 atom stereocenters. The summed E-state index contributed by atoms with van der Waals surface area (Å²) in [5, 5.41) is 14.9. The van der Waals surface area contributed by atoms with Crippen LogP contribution >= 0.6 is 11.3 Å². The minimum atomic E-state index is -0.417. The van der Waals surface area contributed by atoms with Crippen LogP contribution in [0.3, 0.4) is 0 Å². The zero-order valence-corrected chi connectivity index (χ0v) is 12.4. The molecule has 0 spiro atoms. The SMILES string of the molecule is CC(C)C(O)C(C)(C)CNC(=O)Cc1cccs1. The number of thiophene rings is 1. The molecule has 1 rings (SSSR count). The topological polar surface area (TPSA) is 49.3 Å². The highest BCUT2D eigenvalue weighted by Gasteiger charge is 2.30. The highest BCUT2D eigenvalue weighted by atomic mass is 32.1. The summed E-state index contributed by atoms with van der Waals surface area (Å²) >= 11 is 1.59. The summed E-state index contributed by atoms with van der Waals surface area (Å²) in [6.45, 7) is 8.42. The fourth-order valence-corrected chi connectivity index (χ4v) is 2.67. The molecule has 2 N–H and O–H groups in total. The van der Waals surface area contributed by atoms with Crippen LogP contribution in [0.1, 0.15) is 32.6 Å². The molecule has 0 radical (unpaired) electrons. The molecule has 0 saturated carbocycles. The number of hydrogen-bond acceptors (Lipinski definition) is 3. The maximum Gasteiger partial charge on any atom is 0.225 e. The van der Waals surface area contributed by atoms with Crippen molar-refractivity contribution in [3.05, 3.63) is 22.4 Å². The van der Waals surface area contributed by atoms with Gasteiger partial charge in [-0.15, -0.1) is 11.3 Å². The Morgan fingerprint density at radius 3 is 2.67 bits per heavy atom. The van der Waals surface area contributed by atoms with Gasteiger partial charge in [-0.1, -0.05) is 33.8 Å². The van der Waals surface area contributed by atoms with Gasteiger partial charge in [0.1, 0.15) is 0 Å². The lowest BCUT2D eigenvalue weighted by Gasteiger charge is -2.33. The number of rotatable bonds is 6. The van der Waals surface area contributed by atoms with Gasteiger partial charge in [-0.2, -0.15) is 0 Å². The minimum Gasteiger partial charge on any atom is -0.392 e. The quantitative estimate of drug-likeness (QED) is 0.833. The molecule has 0 aliphatic rings. The molecule has 4 heteroatoms. The van der Waals surface area contributed by atoms with Gasteiger partial charge < -0.3 is 10.4 Å². The molecule has 0 fully saturated rings. The number of carbonyl (C=O) groups excluding carboxylic acids is 1. The second-order valence-electron chi connectivity index (χ2n) is 5.71. The Morgan fingerprint density at radius 2 is 2.17 bits per heavy atom. The van der Waals surface area contributed by atoms with Gasteiger partial charge in [0.15, 0.2) is 0 Å². The Kier molecular flexibility index (Phi) is 5.35. The van der Waals surface area contributed by atoms with Gasteiger partial charge in [0.25, 0.3) is 0 Å². The van der Waals surface area contributed by atoms with Gasteiger partial charge in [-0.3, -0.25) is 4.79 Å². The molecule has 1 heterocycles. The predicted molar refractivity (Wildman–Crippen MR) is 75.7 cm³/mol. The molecule has 0 aromatic carbocycles. The number of amides is 1. The maximum absolute atomic E-state index is 11.8. The first kappa shape index (κ1) is 15.2. The monoisotopic (exact) mass is 269 g/mol. The number of nitrogens with one attached hydrogen (secondary N) is 1. The predicted octanol–water partition coefficient (Wildman–Crippen LogP) is 2.45. The van der Waals surface area contributed by atoms with Crippen molar-refractivity contribution in [1.29, 1.82) is 0 Å². The van der Waals surface area contributed by atoms with Crippen LogP contribution in [0.2, 0.25) is 0 Å². The fraction of sp³-hybridized carbons (Fsp3) is 0.643. The third kappa shape index (κ3) is 4.42. The summed E-state index contributed by atoms with van der Waals surface area (Å²) in [5.41, 5.74) is -0.306. The van der Waals surface area contributed by atoms with E-state index in [1.54, 1.807) is 11.3 Å². The highest BCUT2D eigenvalue weighted by molar-refractivity contribution is 7.10. The third-order valence-corrected chi connectivity index (χ3v) is 3.96. The van der Waals surface area contributed by atoms with E-state index in [2.05, 4.69) is 5.32 Å². The largest absolute Gasteiger partial charge is 0.392 e. The molecule has 0 aliphatic heterocycles. The fourth-order valence-electron chi connectivity index (χ4n) is 1.97. The first-order valence-corrected chi connectivity index (χ1v) is 7.18. The summed E-state index contributed by atoms with van der Waals surface area (Å²) in [6.07, 6.45) is 0.00505. The molecule has 18 heavy (non-hydrogen) atoms. The summed E-state index contributed by atoms with van der Waals surface area (Å²) < 4.78 is 0. The maximum atomic E-state index is 11.8. The van der Waals surface area contributed by atoms with E-state index in [4.69, 9.17) is 0 Å². The zero-order chi connectivity index (χ0) is 13.8. The van der Waals surface area contributed by atoms with Crippen LogP contribution in [-0.4, -0.2) is 23.7 Å². The van der Waals surface area contributed by atoms with Gasteiger partial charge >= 0.3 is 0 Å². The van der Waals surface area contributed by atoms with Gasteiger partial charge in [0, 0.05) is 16.8 Å². The Balaban J connectivity index is 2.42. The normalized spacial score (nSPS) is 13.7. The van der Waals surface area contributed by atoms with Crippen molar-refractivity contribution in [1.82, 2.24) is 5.32 Å². The number of carbonyl (C=O) groups is 1. The van der Waals surface area contributed by atoms with E-state index < -0.39 is 6.10 Å². The molecular formula is C14H23NO2S. The number of aliphatic hydroxyl groups is 1. The van der Waals surface area contributed by atoms with E-state index in [1.807, 2.05) is 45.2 Å². The van der Waals surface area contributed by atoms with Crippen LogP contribution in [-0.2, 0) is 11.2 Å². The Hall–Kier alpha value is -0.870. The average molecular weight is 269 g/mol. The molecule has 3 nitrogen and oxygen atoms in total. The summed E-state index contributed by atoms with van der Waals surface area (Å²) in [6, 6.07) is 3.90. The van der Waals surface area contributed by atoms with E-state index >= 15 is 0 Å². The Morgan fingerprint density at radius 1 is 1.50 bits per heavy atom. The lowest BCUT2D eigenvalue weighted by molar-refractivity contribution is -0.121. The van der Waals surface area contributed by atoms with Gasteiger partial charge in [-0.25, -0.2) is 0 Å². The van der Waals surface area contributed by atoms with Crippen molar-refractivity contribution in [3.8, 4) is 0 Å². The van der Waals surface area contributed by atoms with Crippen molar-refractivity contribution < 1.29 is 9.90 Å². The number of aliphatic hydroxyl groups excluding tert-OH is 1. The van der Waals surface area contributed by atoms with Crippen LogP contribution < -0.4 is 5.32 Å². The van der Waals surface area contributed by atoms with Crippen LogP contribution in [0.25, 0.3) is 0 Å². The molecule has 102 valence electrons. The average Bonchev–Trinajstić information content (AvgIpc) is 2.78. The summed E-state index contributed by atoms with van der Waals surface area (Å²) in [4.78, 5) is 12.8. The van der Waals surface area contributed by atoms with Crippen LogP contribution in [0, 0.1) is 11.3 Å². The molecule has 1 unspecified atom stereocenters. The molecule has 1 aromatic heterocycles. The highest BCUT2D eigenvalue weighted by Crippen LogP contribution is 2.25. The van der Waals surface area contributed by atoms with Gasteiger partial charge in [0.2, 0.25) is 5.91 Å². The van der Waals surface area contributed by atoms with Gasteiger partial charge in [-0.05, 0) is 17.4 Å². The molecular weight excluding hydrogens is 246 g/mol. The molecule has 0 saturated heterocycles. The smallest absolute Gasteiger partial charge is 0.225 e. The second kappa shape index (κ2) is 6.34. The number of hydrogen-bond donors (Lipinski definition) is 2. The molecule has 0 aliphatic carbocycles. The first-order chi connectivity index (χ1) is 8.33. The van der Waals surface area contributed by atoms with Gasteiger partial charge in [0.05, 0.1) is 12.5 Å². The van der Waals surface area contributed by atoms with Crippen molar-refractivity contribution in [2.75, 3.05) is 6.54 Å². The summed E-state index contributed by atoms with van der Waals surface area (Å²) in [5.74, 6) is 0.204. The minimum absolute atomic E-state index is 0.0153. The van der Waals surface area contributed by atoms with Crippen LogP contribution in [0.4, 0.5) is 0 Å². The van der Waals surface area contributed by atoms with Crippen molar-refractivity contribution in [2.45, 2.75) is 40.2 Å². The first-order valence-electron chi connectivity index (χ1n) is 6.30. The second-order valence-corrected chi connectivity index (χ2v) is 6.74. The van der Waals surface area contributed by atoms with E-state index in [1.165, 1.54) is 0 Å². The third-order valence-electron chi connectivity index (χ3n) is 3.09. The van der Waals surface area contributed by atoms with Crippen molar-refractivity contribution in [2.24, 2.45) is 11.3 Å². The molecule has 1 aromatic rings. The van der Waals surface area contributed by atoms with Crippen molar-refractivity contribution >= 4 is 17.2 Å². The summed E-state index contributed by atoms with van der Waals surface area (Å²) in [7, 11) is 0.